The lowest BCUT2D eigenvalue weighted by Crippen LogP contribution is -2.32. The average molecular weight is 430 g/mol. The summed E-state index contributed by atoms with van der Waals surface area (Å²) < 4.78 is 7.88. The van der Waals surface area contributed by atoms with E-state index < -0.39 is 0 Å². The highest BCUT2D eigenvalue weighted by Crippen LogP contribution is 2.28. The van der Waals surface area contributed by atoms with E-state index in [-0.39, 0.29) is 5.91 Å². The molecule has 1 aliphatic rings. The fourth-order valence-electron chi connectivity index (χ4n) is 3.95. The molecule has 1 aliphatic heterocycles. The number of benzene rings is 2. The number of nitrogens with zero attached hydrogens (tertiary/aromatic N) is 4. The first-order valence-electron chi connectivity index (χ1n) is 10.8. The molecule has 32 heavy (non-hydrogen) atoms. The number of likely N-dealkylation sites (tertiary alicyclic amines) is 1. The molecule has 4 rings (SSSR count). The van der Waals surface area contributed by atoms with Crippen LogP contribution in [-0.2, 0) is 0 Å². The lowest BCUT2D eigenvalue weighted by atomic mass is 10.1. The third-order valence-electron chi connectivity index (χ3n) is 5.78. The van der Waals surface area contributed by atoms with Crippen molar-refractivity contribution in [2.24, 2.45) is 0 Å². The van der Waals surface area contributed by atoms with Crippen molar-refractivity contribution in [3.05, 3.63) is 70.9 Å². The predicted octanol–water partition coefficient (Wildman–Crippen LogP) is 4.68. The Bertz CT molecular complexity index is 1150. The van der Waals surface area contributed by atoms with Crippen LogP contribution in [0.25, 0.3) is 0 Å². The van der Waals surface area contributed by atoms with Crippen LogP contribution in [-0.4, -0.2) is 40.7 Å². The Morgan fingerprint density at radius 2 is 1.84 bits per heavy atom. The predicted molar refractivity (Wildman–Crippen MR) is 123 cm³/mol. The molecule has 0 saturated carbocycles. The average Bonchev–Trinajstić information content (AvgIpc) is 3.16. The van der Waals surface area contributed by atoms with Crippen LogP contribution in [0.15, 0.2) is 48.5 Å². The van der Waals surface area contributed by atoms with E-state index >= 15 is 0 Å². The van der Waals surface area contributed by atoms with Gasteiger partial charge in [-0.15, -0.1) is 0 Å². The van der Waals surface area contributed by atoms with Gasteiger partial charge in [0, 0.05) is 11.6 Å². The molecule has 7 heteroatoms. The zero-order valence-electron chi connectivity index (χ0n) is 18.6. The lowest BCUT2D eigenvalue weighted by Gasteiger charge is -2.30. The zero-order chi connectivity index (χ0) is 22.7. The van der Waals surface area contributed by atoms with Gasteiger partial charge in [0.15, 0.2) is 0 Å². The Labute approximate surface area is 188 Å². The summed E-state index contributed by atoms with van der Waals surface area (Å²) in [6, 6.07) is 16.6. The van der Waals surface area contributed by atoms with Gasteiger partial charge in [-0.1, -0.05) is 0 Å². The Morgan fingerprint density at radius 3 is 2.50 bits per heavy atom. The highest BCUT2D eigenvalue weighted by Gasteiger charge is 2.22. The minimum atomic E-state index is -0.180. The number of ether oxygens (including phenoxy) is 1. The summed E-state index contributed by atoms with van der Waals surface area (Å²) in [4.78, 5) is 15.2. The van der Waals surface area contributed by atoms with Crippen LogP contribution >= 0.6 is 0 Å². The molecule has 164 valence electrons. The summed E-state index contributed by atoms with van der Waals surface area (Å²) in [7, 11) is 2.13. The minimum absolute atomic E-state index is 0.180. The third kappa shape index (κ3) is 4.82. The summed E-state index contributed by atoms with van der Waals surface area (Å²) >= 11 is 0. The van der Waals surface area contributed by atoms with Crippen molar-refractivity contribution in [3.63, 3.8) is 0 Å². The number of aryl methyl sites for hydroxylation is 2. The van der Waals surface area contributed by atoms with Crippen LogP contribution in [0.2, 0.25) is 0 Å². The Morgan fingerprint density at radius 1 is 1.12 bits per heavy atom. The molecule has 1 N–H and O–H groups in total. The molecule has 0 spiro atoms. The molecule has 1 aromatic heterocycles. The highest BCUT2D eigenvalue weighted by atomic mass is 16.5. The first kappa shape index (κ1) is 21.6. The second-order valence-electron chi connectivity index (χ2n) is 8.32. The summed E-state index contributed by atoms with van der Waals surface area (Å²) in [5.74, 6) is 1.86. The van der Waals surface area contributed by atoms with Crippen LogP contribution in [0.1, 0.15) is 46.1 Å². The number of carbonyl (C=O) groups excluding carboxylic acids is 1. The fraction of sp³-hybridized carbons (Fsp3) is 0.320. The summed E-state index contributed by atoms with van der Waals surface area (Å²) in [5, 5.41) is 16.7. The Kier molecular flexibility index (Phi) is 6.24. The van der Waals surface area contributed by atoms with Crippen molar-refractivity contribution in [1.29, 1.82) is 5.26 Å². The van der Waals surface area contributed by atoms with Gasteiger partial charge in [-0.2, -0.15) is 10.4 Å². The second kappa shape index (κ2) is 9.25. The standard InChI is InChI=1S/C25H27N5O2/c1-17-14-19(16-26)4-9-23(17)32-22-7-5-20(6-8-22)25(31)27-24-15-18(2)28-30(24)21-10-12-29(3)13-11-21/h4-9,14-15,21H,10-13H2,1-3H3,(H,27,31). The first-order chi connectivity index (χ1) is 15.4. The SMILES string of the molecule is Cc1cc(NC(=O)c2ccc(Oc3ccc(C#N)cc3C)cc2)n(C2CCN(C)CC2)n1. The van der Waals surface area contributed by atoms with Crippen molar-refractivity contribution in [2.45, 2.75) is 32.7 Å². The van der Waals surface area contributed by atoms with Crippen LogP contribution in [0.4, 0.5) is 5.82 Å². The largest absolute Gasteiger partial charge is 0.457 e. The maximum atomic E-state index is 12.9. The van der Waals surface area contributed by atoms with Gasteiger partial charge in [0.1, 0.15) is 17.3 Å². The van der Waals surface area contributed by atoms with E-state index in [1.54, 1.807) is 42.5 Å². The molecule has 2 aromatic carbocycles. The van der Waals surface area contributed by atoms with Crippen molar-refractivity contribution < 1.29 is 9.53 Å². The van der Waals surface area contributed by atoms with Gasteiger partial charge in [-0.25, -0.2) is 4.68 Å². The molecule has 0 atom stereocenters. The van der Waals surface area contributed by atoms with Gasteiger partial charge in [-0.3, -0.25) is 4.79 Å². The molecular formula is C25H27N5O2. The van der Waals surface area contributed by atoms with Gasteiger partial charge < -0.3 is 15.0 Å². The molecule has 3 aromatic rings. The number of piperidine rings is 1. The number of hydrogen-bond donors (Lipinski definition) is 1. The second-order valence-corrected chi connectivity index (χ2v) is 8.32. The van der Waals surface area contributed by atoms with Gasteiger partial charge in [-0.05, 0) is 94.9 Å². The van der Waals surface area contributed by atoms with E-state index in [2.05, 4.69) is 28.4 Å². The molecule has 0 bridgehead atoms. The van der Waals surface area contributed by atoms with Gasteiger partial charge in [0.25, 0.3) is 5.91 Å². The minimum Gasteiger partial charge on any atom is -0.457 e. The number of hydrogen-bond acceptors (Lipinski definition) is 5. The van der Waals surface area contributed by atoms with Crippen molar-refractivity contribution in [1.82, 2.24) is 14.7 Å². The smallest absolute Gasteiger partial charge is 0.256 e. The number of anilines is 1. The van der Waals surface area contributed by atoms with E-state index in [0.717, 1.165) is 43.0 Å². The summed E-state index contributed by atoms with van der Waals surface area (Å²) in [6.07, 6.45) is 2.03. The third-order valence-corrected chi connectivity index (χ3v) is 5.78. The van der Waals surface area contributed by atoms with Crippen LogP contribution in [0.3, 0.4) is 0 Å². The van der Waals surface area contributed by atoms with Crippen LogP contribution in [0.5, 0.6) is 11.5 Å². The molecule has 1 saturated heterocycles. The molecule has 1 fully saturated rings. The number of nitriles is 1. The van der Waals surface area contributed by atoms with Crippen molar-refractivity contribution in [2.75, 3.05) is 25.5 Å². The maximum Gasteiger partial charge on any atom is 0.256 e. The monoisotopic (exact) mass is 429 g/mol. The number of aromatic nitrogens is 2. The number of nitrogens with one attached hydrogen (secondary N) is 1. The zero-order valence-corrected chi connectivity index (χ0v) is 18.6. The van der Waals surface area contributed by atoms with Gasteiger partial charge in [0.2, 0.25) is 0 Å². The quantitative estimate of drug-likeness (QED) is 0.637. The topological polar surface area (TPSA) is 83.2 Å². The molecular weight excluding hydrogens is 402 g/mol. The Balaban J connectivity index is 1.44. The van der Waals surface area contributed by atoms with E-state index in [0.29, 0.717) is 28.7 Å². The lowest BCUT2D eigenvalue weighted by molar-refractivity contribution is 0.102. The molecule has 1 amide bonds. The van der Waals surface area contributed by atoms with E-state index in [4.69, 9.17) is 10.00 Å². The molecule has 2 heterocycles. The van der Waals surface area contributed by atoms with Crippen LogP contribution < -0.4 is 10.1 Å². The first-order valence-corrected chi connectivity index (χ1v) is 10.8. The van der Waals surface area contributed by atoms with Crippen molar-refractivity contribution in [3.8, 4) is 17.6 Å². The van der Waals surface area contributed by atoms with E-state index in [9.17, 15) is 4.79 Å². The molecule has 7 nitrogen and oxygen atoms in total. The van der Waals surface area contributed by atoms with Crippen molar-refractivity contribution >= 4 is 11.7 Å². The van der Waals surface area contributed by atoms with Crippen LogP contribution in [0, 0.1) is 25.2 Å². The van der Waals surface area contributed by atoms with E-state index in [1.807, 2.05) is 24.6 Å². The normalized spacial score (nSPS) is 14.7. The van der Waals surface area contributed by atoms with Gasteiger partial charge in [0.05, 0.1) is 23.4 Å². The molecule has 0 aliphatic carbocycles. The molecule has 0 unspecified atom stereocenters. The maximum absolute atomic E-state index is 12.9. The number of carbonyl (C=O) groups is 1. The fourth-order valence-corrected chi connectivity index (χ4v) is 3.95. The number of amides is 1. The van der Waals surface area contributed by atoms with Gasteiger partial charge >= 0.3 is 0 Å². The Hall–Kier alpha value is -3.63. The van der Waals surface area contributed by atoms with E-state index in [1.165, 1.54) is 0 Å². The summed E-state index contributed by atoms with van der Waals surface area (Å²) in [6.45, 7) is 5.89. The highest BCUT2D eigenvalue weighted by molar-refractivity contribution is 6.03. The molecule has 0 radical (unpaired) electrons. The summed E-state index contributed by atoms with van der Waals surface area (Å²) in [5.41, 5.74) is 2.91. The number of rotatable bonds is 5.